The number of rotatable bonds is 1. The summed E-state index contributed by atoms with van der Waals surface area (Å²) in [6.07, 6.45) is 0.925. The van der Waals surface area contributed by atoms with Crippen LogP contribution in [0.3, 0.4) is 0 Å². The van der Waals surface area contributed by atoms with Crippen LogP contribution in [0.25, 0.3) is 0 Å². The van der Waals surface area contributed by atoms with Gasteiger partial charge in [-0.1, -0.05) is 12.1 Å². The van der Waals surface area contributed by atoms with Gasteiger partial charge in [0.25, 0.3) is 0 Å². The lowest BCUT2D eigenvalue weighted by atomic mass is 10.1. The Kier molecular flexibility index (Phi) is 3.18. The Morgan fingerprint density at radius 1 is 1.15 bits per heavy atom. The molecule has 0 unspecified atom stereocenters. The van der Waals surface area contributed by atoms with Gasteiger partial charge in [0.15, 0.2) is 0 Å². The van der Waals surface area contributed by atoms with E-state index in [9.17, 15) is 0 Å². The Bertz CT molecular complexity index is 676. The van der Waals surface area contributed by atoms with Crippen LogP contribution in [0.15, 0.2) is 42.5 Å². The van der Waals surface area contributed by atoms with E-state index in [1.165, 1.54) is 0 Å². The lowest BCUT2D eigenvalue weighted by Crippen LogP contribution is -2.19. The van der Waals surface area contributed by atoms with Gasteiger partial charge in [-0.2, -0.15) is 5.26 Å². The number of hydrogen-bond acceptors (Lipinski definition) is 4. The molecule has 3 rings (SSSR count). The van der Waals surface area contributed by atoms with Crippen LogP contribution >= 0.6 is 0 Å². The molecule has 1 aliphatic heterocycles. The maximum absolute atomic E-state index is 8.93. The number of benzene rings is 2. The Labute approximate surface area is 118 Å². The quantitative estimate of drug-likeness (QED) is 0.805. The van der Waals surface area contributed by atoms with Crippen LogP contribution in [0.2, 0.25) is 0 Å². The molecule has 2 N–H and O–H groups in total. The van der Waals surface area contributed by atoms with Gasteiger partial charge in [0, 0.05) is 6.54 Å². The number of para-hydroxylation sites is 2. The number of ether oxygens (including phenoxy) is 1. The van der Waals surface area contributed by atoms with Gasteiger partial charge in [0.1, 0.15) is 5.75 Å². The third kappa shape index (κ3) is 2.14. The summed E-state index contributed by atoms with van der Waals surface area (Å²) < 4.78 is 5.75. The second-order valence-electron chi connectivity index (χ2n) is 4.71. The van der Waals surface area contributed by atoms with Crippen molar-refractivity contribution in [3.63, 3.8) is 0 Å². The van der Waals surface area contributed by atoms with Gasteiger partial charge in [-0.25, -0.2) is 0 Å². The molecule has 0 amide bonds. The lowest BCUT2D eigenvalue weighted by Gasteiger charge is -2.25. The van der Waals surface area contributed by atoms with E-state index in [1.807, 2.05) is 30.3 Å². The largest absolute Gasteiger partial charge is 0.491 e. The minimum Gasteiger partial charge on any atom is -0.491 e. The highest BCUT2D eigenvalue weighted by Crippen LogP contribution is 2.38. The first-order valence-electron chi connectivity index (χ1n) is 6.58. The van der Waals surface area contributed by atoms with Crippen LogP contribution < -0.4 is 15.4 Å². The van der Waals surface area contributed by atoms with Crippen molar-refractivity contribution in [1.29, 1.82) is 5.26 Å². The molecule has 0 aromatic heterocycles. The number of nitriles is 1. The van der Waals surface area contributed by atoms with Crippen molar-refractivity contribution in [1.82, 2.24) is 0 Å². The molecular weight excluding hydrogens is 250 g/mol. The highest BCUT2D eigenvalue weighted by atomic mass is 16.5. The standard InChI is InChI=1S/C16H15N3O/c17-11-12-6-7-14(13(18)10-12)19-8-3-9-20-16-5-2-1-4-15(16)19/h1-2,4-7,10H,3,8-9,18H2. The van der Waals surface area contributed by atoms with E-state index in [0.717, 1.165) is 30.1 Å². The highest BCUT2D eigenvalue weighted by molar-refractivity contribution is 5.78. The molecule has 0 bridgehead atoms. The van der Waals surface area contributed by atoms with E-state index in [-0.39, 0.29) is 0 Å². The van der Waals surface area contributed by atoms with Crippen LogP contribution in [-0.2, 0) is 0 Å². The fraction of sp³-hybridized carbons (Fsp3) is 0.188. The second kappa shape index (κ2) is 5.14. The topological polar surface area (TPSA) is 62.3 Å². The number of fused-ring (bicyclic) bond motifs is 1. The van der Waals surface area contributed by atoms with E-state index in [0.29, 0.717) is 17.9 Å². The van der Waals surface area contributed by atoms with Gasteiger partial charge >= 0.3 is 0 Å². The van der Waals surface area contributed by atoms with E-state index in [1.54, 1.807) is 12.1 Å². The SMILES string of the molecule is N#Cc1ccc(N2CCCOc3ccccc32)c(N)c1. The number of anilines is 3. The minimum absolute atomic E-state index is 0.575. The van der Waals surface area contributed by atoms with E-state index in [4.69, 9.17) is 15.7 Å². The zero-order valence-electron chi connectivity index (χ0n) is 11.0. The predicted octanol–water partition coefficient (Wildman–Crippen LogP) is 3.06. The average molecular weight is 265 g/mol. The van der Waals surface area contributed by atoms with Crippen LogP contribution in [0.5, 0.6) is 5.75 Å². The molecule has 0 saturated carbocycles. The maximum atomic E-state index is 8.93. The third-order valence-electron chi connectivity index (χ3n) is 3.39. The molecule has 1 heterocycles. The Hall–Kier alpha value is -2.67. The van der Waals surface area contributed by atoms with Crippen LogP contribution in [-0.4, -0.2) is 13.2 Å². The number of nitrogens with two attached hydrogens (primary N) is 1. The average Bonchev–Trinajstić information content (AvgIpc) is 2.69. The van der Waals surface area contributed by atoms with E-state index < -0.39 is 0 Å². The normalized spacial score (nSPS) is 13.8. The number of nitrogens with zero attached hydrogens (tertiary/aromatic N) is 2. The summed E-state index contributed by atoms with van der Waals surface area (Å²) in [6.45, 7) is 1.54. The van der Waals surface area contributed by atoms with Gasteiger partial charge < -0.3 is 15.4 Å². The fourth-order valence-electron chi connectivity index (χ4n) is 2.45. The molecule has 4 heteroatoms. The zero-order chi connectivity index (χ0) is 13.9. The Morgan fingerprint density at radius 2 is 2.00 bits per heavy atom. The first-order valence-corrected chi connectivity index (χ1v) is 6.58. The summed E-state index contributed by atoms with van der Waals surface area (Å²) in [5.74, 6) is 0.869. The van der Waals surface area contributed by atoms with Crippen LogP contribution in [0.1, 0.15) is 12.0 Å². The molecule has 20 heavy (non-hydrogen) atoms. The summed E-state index contributed by atoms with van der Waals surface area (Å²) >= 11 is 0. The van der Waals surface area contributed by atoms with Gasteiger partial charge in [0.2, 0.25) is 0 Å². The lowest BCUT2D eigenvalue weighted by molar-refractivity contribution is 0.322. The molecule has 0 spiro atoms. The number of hydrogen-bond donors (Lipinski definition) is 1. The number of nitrogen functional groups attached to an aromatic ring is 1. The van der Waals surface area contributed by atoms with E-state index >= 15 is 0 Å². The molecule has 0 radical (unpaired) electrons. The smallest absolute Gasteiger partial charge is 0.142 e. The van der Waals surface area contributed by atoms with Crippen molar-refractivity contribution >= 4 is 17.1 Å². The first-order chi connectivity index (χ1) is 9.79. The van der Waals surface area contributed by atoms with Crippen LogP contribution in [0, 0.1) is 11.3 Å². The molecular formula is C16H15N3O. The summed E-state index contributed by atoms with van der Waals surface area (Å²) in [4.78, 5) is 2.15. The molecule has 2 aromatic carbocycles. The Morgan fingerprint density at radius 3 is 2.80 bits per heavy atom. The molecule has 100 valence electrons. The summed E-state index contributed by atoms with van der Waals surface area (Å²) in [7, 11) is 0. The van der Waals surface area contributed by atoms with Gasteiger partial charge in [-0.3, -0.25) is 0 Å². The Balaban J connectivity index is 2.08. The fourth-order valence-corrected chi connectivity index (χ4v) is 2.45. The van der Waals surface area contributed by atoms with Gasteiger partial charge in [0.05, 0.1) is 35.3 Å². The molecule has 1 aliphatic rings. The van der Waals surface area contributed by atoms with Crippen molar-refractivity contribution in [2.24, 2.45) is 0 Å². The first kappa shape index (κ1) is 12.4. The molecule has 4 nitrogen and oxygen atoms in total. The monoisotopic (exact) mass is 265 g/mol. The van der Waals surface area contributed by atoms with Crippen molar-refractivity contribution in [2.45, 2.75) is 6.42 Å². The van der Waals surface area contributed by atoms with Crippen LogP contribution in [0.4, 0.5) is 17.1 Å². The maximum Gasteiger partial charge on any atom is 0.142 e. The highest BCUT2D eigenvalue weighted by Gasteiger charge is 2.19. The zero-order valence-corrected chi connectivity index (χ0v) is 11.0. The van der Waals surface area contributed by atoms with Crippen molar-refractivity contribution in [3.05, 3.63) is 48.0 Å². The summed E-state index contributed by atoms with van der Waals surface area (Å²) in [5, 5.41) is 8.93. The predicted molar refractivity (Wildman–Crippen MR) is 79.1 cm³/mol. The second-order valence-corrected chi connectivity index (χ2v) is 4.71. The minimum atomic E-state index is 0.575. The van der Waals surface area contributed by atoms with Crippen molar-refractivity contribution in [2.75, 3.05) is 23.8 Å². The summed E-state index contributed by atoms with van der Waals surface area (Å²) in [6, 6.07) is 15.4. The third-order valence-corrected chi connectivity index (χ3v) is 3.39. The molecule has 0 atom stereocenters. The van der Waals surface area contributed by atoms with Crippen molar-refractivity contribution < 1.29 is 4.74 Å². The van der Waals surface area contributed by atoms with Gasteiger partial charge in [-0.15, -0.1) is 0 Å². The van der Waals surface area contributed by atoms with Gasteiger partial charge in [-0.05, 0) is 36.8 Å². The molecule has 0 saturated heterocycles. The molecule has 0 aliphatic carbocycles. The molecule has 2 aromatic rings. The summed E-state index contributed by atoms with van der Waals surface area (Å²) in [5.41, 5.74) is 9.22. The van der Waals surface area contributed by atoms with E-state index in [2.05, 4.69) is 11.0 Å². The molecule has 0 fully saturated rings. The van der Waals surface area contributed by atoms with Crippen molar-refractivity contribution in [3.8, 4) is 11.8 Å².